The topological polar surface area (TPSA) is 85.4 Å². The van der Waals surface area contributed by atoms with Gasteiger partial charge in [-0.2, -0.15) is 0 Å². The van der Waals surface area contributed by atoms with Gasteiger partial charge < -0.3 is 19.1 Å². The lowest BCUT2D eigenvalue weighted by atomic mass is 9.48. The number of rotatable bonds is 8. The number of carbonyl (C=O) groups is 3. The normalized spacial score (nSPS) is 27.1. The summed E-state index contributed by atoms with van der Waals surface area (Å²) < 4.78 is 19.3. The van der Waals surface area contributed by atoms with E-state index in [1.54, 1.807) is 11.0 Å². The van der Waals surface area contributed by atoms with E-state index >= 15 is 0 Å². The summed E-state index contributed by atoms with van der Waals surface area (Å²) in [6.45, 7) is 6.52. The summed E-state index contributed by atoms with van der Waals surface area (Å²) in [4.78, 5) is 43.3. The number of hydrogen-bond donors (Lipinski definition) is 0. The predicted molar refractivity (Wildman–Crippen MR) is 178 cm³/mol. The minimum atomic E-state index is -0.872. The van der Waals surface area contributed by atoms with Crippen LogP contribution in [-0.4, -0.2) is 71.6 Å². The Bertz CT molecular complexity index is 1750. The van der Waals surface area contributed by atoms with E-state index in [0.717, 1.165) is 41.8 Å². The zero-order valence-electron chi connectivity index (χ0n) is 27.5. The van der Waals surface area contributed by atoms with Gasteiger partial charge in [0.05, 0.1) is 17.5 Å². The molecule has 5 atom stereocenters. The van der Waals surface area contributed by atoms with E-state index in [0.29, 0.717) is 37.2 Å². The van der Waals surface area contributed by atoms with E-state index in [2.05, 4.69) is 29.2 Å². The van der Waals surface area contributed by atoms with Crippen LogP contribution in [0.3, 0.4) is 0 Å². The first-order chi connectivity index (χ1) is 22.6. The molecule has 1 saturated carbocycles. The van der Waals surface area contributed by atoms with Crippen LogP contribution in [0.2, 0.25) is 0 Å². The Morgan fingerprint density at radius 3 is 2.57 bits per heavy atom. The van der Waals surface area contributed by atoms with Crippen LogP contribution in [0, 0.1) is 6.92 Å². The number of likely N-dealkylation sites (tertiary alicyclic amines) is 1. The number of nitrogens with zero attached hydrogens (tertiary/aromatic N) is 2. The van der Waals surface area contributed by atoms with Crippen molar-refractivity contribution >= 4 is 23.9 Å². The van der Waals surface area contributed by atoms with E-state index in [4.69, 9.17) is 14.2 Å². The van der Waals surface area contributed by atoms with E-state index in [1.807, 2.05) is 62.5 Å². The second-order valence-electron chi connectivity index (χ2n) is 13.6. The molecule has 2 aliphatic heterocycles. The molecule has 1 amide bonds. The Morgan fingerprint density at radius 1 is 1.02 bits per heavy atom. The fraction of sp³-hybridized carbons (Fsp3) is 0.410. The van der Waals surface area contributed by atoms with Crippen LogP contribution in [0.1, 0.15) is 60.9 Å². The zero-order valence-corrected chi connectivity index (χ0v) is 27.5. The zero-order chi connectivity index (χ0) is 32.9. The van der Waals surface area contributed by atoms with Crippen LogP contribution in [0.15, 0.2) is 72.8 Å². The summed E-state index contributed by atoms with van der Waals surface area (Å²) in [6, 6.07) is 22.0. The molecule has 8 nitrogen and oxygen atoms in total. The highest BCUT2D eigenvalue weighted by Crippen LogP contribution is 2.67. The molecule has 1 saturated heterocycles. The molecule has 0 aromatic heterocycles. The highest BCUT2D eigenvalue weighted by atomic mass is 16.6. The van der Waals surface area contributed by atoms with Gasteiger partial charge in [-0.3, -0.25) is 19.3 Å². The van der Waals surface area contributed by atoms with Gasteiger partial charge in [0.25, 0.3) is 0 Å². The molecule has 2 fully saturated rings. The molecule has 3 aromatic rings. The van der Waals surface area contributed by atoms with Crippen molar-refractivity contribution in [2.24, 2.45) is 0 Å². The van der Waals surface area contributed by atoms with Crippen molar-refractivity contribution in [3.05, 3.63) is 101 Å². The number of carbonyl (C=O) groups excluding carboxylic acids is 3. The Kier molecular flexibility index (Phi) is 7.95. The minimum absolute atomic E-state index is 0.0730. The van der Waals surface area contributed by atoms with Crippen molar-refractivity contribution in [2.45, 2.75) is 82.1 Å². The van der Waals surface area contributed by atoms with E-state index in [-0.39, 0.29) is 24.0 Å². The summed E-state index contributed by atoms with van der Waals surface area (Å²) in [5.74, 6) is 0.0285. The highest BCUT2D eigenvalue weighted by Gasteiger charge is 2.75. The summed E-state index contributed by atoms with van der Waals surface area (Å²) in [6.07, 6.45) is 6.39. The van der Waals surface area contributed by atoms with Crippen LogP contribution in [0.5, 0.6) is 11.5 Å². The second kappa shape index (κ2) is 12.0. The van der Waals surface area contributed by atoms with Crippen molar-refractivity contribution in [1.82, 2.24) is 9.80 Å². The first kappa shape index (κ1) is 31.2. The van der Waals surface area contributed by atoms with E-state index < -0.39 is 23.1 Å². The number of piperidine rings is 1. The first-order valence-corrected chi connectivity index (χ1v) is 16.6. The molecule has 2 bridgehead atoms. The standard InChI is InChI=1S/C39H42N2O6/c1-25-9-8-12-29(23-25)13-16-34(44)40(4)31-17-19-39(47-27(3)43)33-24-30-14-15-32(45-26(2)42)36-35(30)38(39,37(31)46-36)20-22-41(33)21-18-28-10-6-5-7-11-28/h5-16,23,31,33,37H,17-22,24H2,1-4H3/t31-,33+,37-,38-,39+/m0/s1. The Labute approximate surface area is 276 Å². The number of hydrogen-bond acceptors (Lipinski definition) is 7. The fourth-order valence-electron chi connectivity index (χ4n) is 9.07. The molecule has 2 aliphatic carbocycles. The molecule has 0 N–H and O–H groups in total. The van der Waals surface area contributed by atoms with Crippen molar-refractivity contribution in [2.75, 3.05) is 20.1 Å². The largest absolute Gasteiger partial charge is 0.483 e. The molecule has 3 aromatic carbocycles. The summed E-state index contributed by atoms with van der Waals surface area (Å²) in [7, 11) is 1.83. The summed E-state index contributed by atoms with van der Waals surface area (Å²) in [5, 5.41) is 0. The molecule has 1 spiro atoms. The molecule has 47 heavy (non-hydrogen) atoms. The molecule has 0 unspecified atom stereocenters. The van der Waals surface area contributed by atoms with Crippen LogP contribution in [-0.2, 0) is 37.4 Å². The van der Waals surface area contributed by atoms with Gasteiger partial charge in [-0.15, -0.1) is 0 Å². The second-order valence-corrected chi connectivity index (χ2v) is 13.6. The minimum Gasteiger partial charge on any atom is -0.483 e. The van der Waals surface area contributed by atoms with Crippen LogP contribution < -0.4 is 9.47 Å². The number of esters is 2. The molecular weight excluding hydrogens is 592 g/mol. The predicted octanol–water partition coefficient (Wildman–Crippen LogP) is 5.43. The molecule has 0 radical (unpaired) electrons. The smallest absolute Gasteiger partial charge is 0.308 e. The average molecular weight is 635 g/mol. The monoisotopic (exact) mass is 634 g/mol. The summed E-state index contributed by atoms with van der Waals surface area (Å²) in [5.41, 5.74) is 3.85. The summed E-state index contributed by atoms with van der Waals surface area (Å²) >= 11 is 0. The van der Waals surface area contributed by atoms with Gasteiger partial charge in [0, 0.05) is 39.1 Å². The number of aryl methyl sites for hydroxylation is 1. The third-order valence-corrected chi connectivity index (χ3v) is 10.9. The average Bonchev–Trinajstić information content (AvgIpc) is 3.39. The third kappa shape index (κ3) is 5.14. The van der Waals surface area contributed by atoms with Crippen molar-refractivity contribution < 1.29 is 28.6 Å². The SMILES string of the molecule is CC(=O)Oc1ccc2c3c1O[C@H]1[C@@H](N(C)C(=O)C=Cc4cccc(C)c4)CC[C@@]4(OC(C)=O)[C@@H](C2)N(CCc2ccccc2)CC[C@]314. The lowest BCUT2D eigenvalue weighted by Gasteiger charge is -2.65. The van der Waals surface area contributed by atoms with Crippen LogP contribution >= 0.6 is 0 Å². The lowest BCUT2D eigenvalue weighted by molar-refractivity contribution is -0.223. The molecule has 2 heterocycles. The maximum absolute atomic E-state index is 13.8. The van der Waals surface area contributed by atoms with Gasteiger partial charge in [-0.05, 0) is 74.4 Å². The number of likely N-dealkylation sites (N-methyl/N-ethyl adjacent to an activating group) is 1. The molecule has 8 heteroatoms. The van der Waals surface area contributed by atoms with Gasteiger partial charge >= 0.3 is 11.9 Å². The van der Waals surface area contributed by atoms with Gasteiger partial charge in [0.1, 0.15) is 11.7 Å². The van der Waals surface area contributed by atoms with E-state index in [9.17, 15) is 14.4 Å². The highest BCUT2D eigenvalue weighted by molar-refractivity contribution is 5.92. The van der Waals surface area contributed by atoms with Crippen molar-refractivity contribution in [3.63, 3.8) is 0 Å². The number of amides is 1. The van der Waals surface area contributed by atoms with Crippen LogP contribution in [0.4, 0.5) is 0 Å². The van der Waals surface area contributed by atoms with Gasteiger partial charge in [-0.1, -0.05) is 66.2 Å². The van der Waals surface area contributed by atoms with Gasteiger partial charge in [0.15, 0.2) is 11.5 Å². The van der Waals surface area contributed by atoms with E-state index in [1.165, 1.54) is 19.4 Å². The Hall–Kier alpha value is -4.43. The molecule has 244 valence electrons. The van der Waals surface area contributed by atoms with Crippen molar-refractivity contribution in [3.8, 4) is 11.5 Å². The lowest BCUT2D eigenvalue weighted by Crippen LogP contribution is -2.79. The van der Waals surface area contributed by atoms with Crippen molar-refractivity contribution in [1.29, 1.82) is 0 Å². The third-order valence-electron chi connectivity index (χ3n) is 10.9. The Balaban J connectivity index is 1.30. The maximum Gasteiger partial charge on any atom is 0.308 e. The first-order valence-electron chi connectivity index (χ1n) is 16.6. The molecule has 4 aliphatic rings. The van der Waals surface area contributed by atoms with Gasteiger partial charge in [-0.25, -0.2) is 0 Å². The fourth-order valence-corrected chi connectivity index (χ4v) is 9.07. The van der Waals surface area contributed by atoms with Gasteiger partial charge in [0.2, 0.25) is 5.91 Å². The molecule has 7 rings (SSSR count). The Morgan fingerprint density at radius 2 is 1.83 bits per heavy atom. The number of benzene rings is 3. The quantitative estimate of drug-likeness (QED) is 0.186. The molecular formula is C39H42N2O6. The number of ether oxygens (including phenoxy) is 3. The van der Waals surface area contributed by atoms with Crippen LogP contribution in [0.25, 0.3) is 6.08 Å². The maximum atomic E-state index is 13.8.